The van der Waals surface area contributed by atoms with Gasteiger partial charge >= 0.3 is 0 Å². The molecule has 0 aliphatic carbocycles. The van der Waals surface area contributed by atoms with Crippen LogP contribution in [-0.2, 0) is 0 Å². The second-order valence-corrected chi connectivity index (χ2v) is 3.54. The normalized spacial score (nSPS) is 13.4. The molecule has 0 aliphatic rings. The molecule has 1 rings (SSSR count). The third-order valence-corrected chi connectivity index (χ3v) is 2.52. The van der Waals surface area contributed by atoms with Crippen molar-refractivity contribution in [3.63, 3.8) is 0 Å². The summed E-state index contributed by atoms with van der Waals surface area (Å²) in [5.41, 5.74) is 5.79. The molecule has 66 valence electrons. The zero-order valence-electron chi connectivity index (χ0n) is 6.18. The lowest BCUT2D eigenvalue weighted by Gasteiger charge is -2.11. The summed E-state index contributed by atoms with van der Waals surface area (Å²) in [6.45, 7) is 0. The van der Waals surface area contributed by atoms with E-state index in [2.05, 4.69) is 0 Å². The van der Waals surface area contributed by atoms with E-state index in [9.17, 15) is 8.78 Å². The van der Waals surface area contributed by atoms with Crippen LogP contribution in [0, 0.1) is 3.57 Å². The molecule has 0 bridgehead atoms. The predicted octanol–water partition coefficient (Wildman–Crippen LogP) is 2.56. The average Bonchev–Trinajstić information content (AvgIpc) is 2.04. The quantitative estimate of drug-likeness (QED) is 0.829. The first-order valence-electron chi connectivity index (χ1n) is 3.41. The molecule has 0 amide bonds. The Balaban J connectivity index is 2.94. The van der Waals surface area contributed by atoms with Crippen LogP contribution < -0.4 is 5.73 Å². The molecule has 0 saturated carbocycles. The maximum atomic E-state index is 12.2. The number of nitrogens with two attached hydrogens (primary N) is 1. The Morgan fingerprint density at radius 2 is 1.83 bits per heavy atom. The van der Waals surface area contributed by atoms with Crippen LogP contribution in [0.1, 0.15) is 11.6 Å². The zero-order valence-corrected chi connectivity index (χ0v) is 8.33. The van der Waals surface area contributed by atoms with Crippen LogP contribution in [0.4, 0.5) is 8.78 Å². The summed E-state index contributed by atoms with van der Waals surface area (Å²) >= 11 is 2.00. The van der Waals surface area contributed by atoms with E-state index in [1.165, 1.54) is 0 Å². The molecular weight excluding hydrogens is 275 g/mol. The lowest BCUT2D eigenvalue weighted by Crippen LogP contribution is -2.19. The highest BCUT2D eigenvalue weighted by molar-refractivity contribution is 14.1. The van der Waals surface area contributed by atoms with Crippen molar-refractivity contribution in [2.75, 3.05) is 0 Å². The van der Waals surface area contributed by atoms with Crippen molar-refractivity contribution in [1.29, 1.82) is 0 Å². The molecule has 0 saturated heterocycles. The molecule has 2 N–H and O–H groups in total. The molecule has 1 atom stereocenters. The fourth-order valence-corrected chi connectivity index (χ4v) is 1.63. The van der Waals surface area contributed by atoms with Gasteiger partial charge in [0.15, 0.2) is 0 Å². The monoisotopic (exact) mass is 283 g/mol. The van der Waals surface area contributed by atoms with Gasteiger partial charge in [0.25, 0.3) is 6.43 Å². The highest BCUT2D eigenvalue weighted by Crippen LogP contribution is 2.22. The van der Waals surface area contributed by atoms with E-state index in [0.29, 0.717) is 5.56 Å². The smallest absolute Gasteiger partial charge is 0.257 e. The van der Waals surface area contributed by atoms with Gasteiger partial charge in [-0.1, -0.05) is 18.2 Å². The number of alkyl halides is 2. The number of rotatable bonds is 2. The van der Waals surface area contributed by atoms with Crippen LogP contribution in [0.5, 0.6) is 0 Å². The molecule has 0 aromatic heterocycles. The number of benzene rings is 1. The number of hydrogen-bond acceptors (Lipinski definition) is 1. The molecular formula is C8H8F2IN. The summed E-state index contributed by atoms with van der Waals surface area (Å²) in [5, 5.41) is 0. The fraction of sp³-hybridized carbons (Fsp3) is 0.250. The lowest BCUT2D eigenvalue weighted by atomic mass is 10.1. The molecule has 4 heteroatoms. The van der Waals surface area contributed by atoms with Gasteiger partial charge in [-0.2, -0.15) is 0 Å². The first-order valence-corrected chi connectivity index (χ1v) is 4.49. The summed E-state index contributed by atoms with van der Waals surface area (Å²) in [6.07, 6.45) is -2.50. The van der Waals surface area contributed by atoms with E-state index in [0.717, 1.165) is 3.57 Å². The predicted molar refractivity (Wildman–Crippen MR) is 52.1 cm³/mol. The van der Waals surface area contributed by atoms with Crippen LogP contribution in [-0.4, -0.2) is 6.43 Å². The summed E-state index contributed by atoms with van der Waals surface area (Å²) in [4.78, 5) is 0. The highest BCUT2D eigenvalue weighted by Gasteiger charge is 2.18. The highest BCUT2D eigenvalue weighted by atomic mass is 127. The van der Waals surface area contributed by atoms with Crippen molar-refractivity contribution in [2.24, 2.45) is 5.73 Å². The Bertz CT molecular complexity index is 265. The molecule has 0 heterocycles. The molecule has 0 radical (unpaired) electrons. The van der Waals surface area contributed by atoms with Gasteiger partial charge in [-0.05, 0) is 34.2 Å². The van der Waals surface area contributed by atoms with Gasteiger partial charge in [-0.3, -0.25) is 0 Å². The Kier molecular flexibility index (Phi) is 3.39. The van der Waals surface area contributed by atoms with Gasteiger partial charge in [0.1, 0.15) is 0 Å². The van der Waals surface area contributed by atoms with Gasteiger partial charge in [-0.15, -0.1) is 0 Å². The van der Waals surface area contributed by atoms with E-state index >= 15 is 0 Å². The number of hydrogen-bond donors (Lipinski definition) is 1. The Morgan fingerprint density at radius 1 is 1.25 bits per heavy atom. The van der Waals surface area contributed by atoms with Crippen LogP contribution in [0.25, 0.3) is 0 Å². The standard InChI is InChI=1S/C8H8F2IN/c9-8(10)7(12)5-3-1-2-4-6(5)11/h1-4,7-8H,12H2. The molecule has 0 fully saturated rings. The second kappa shape index (κ2) is 4.13. The Hall–Kier alpha value is -0.230. The SMILES string of the molecule is NC(c1ccccc1I)C(F)F. The van der Waals surface area contributed by atoms with Crippen molar-refractivity contribution >= 4 is 22.6 Å². The number of halogens is 3. The first kappa shape index (κ1) is 9.85. The van der Waals surface area contributed by atoms with Gasteiger partial charge in [-0.25, -0.2) is 8.78 Å². The molecule has 12 heavy (non-hydrogen) atoms. The Labute approximate surface area is 83.1 Å². The van der Waals surface area contributed by atoms with Crippen molar-refractivity contribution in [1.82, 2.24) is 0 Å². The van der Waals surface area contributed by atoms with Gasteiger partial charge in [0, 0.05) is 3.57 Å². The average molecular weight is 283 g/mol. The van der Waals surface area contributed by atoms with Crippen LogP contribution in [0.15, 0.2) is 24.3 Å². The topological polar surface area (TPSA) is 26.0 Å². The second-order valence-electron chi connectivity index (χ2n) is 2.38. The van der Waals surface area contributed by atoms with Gasteiger partial charge in [0.2, 0.25) is 0 Å². The summed E-state index contributed by atoms with van der Waals surface area (Å²) in [7, 11) is 0. The van der Waals surface area contributed by atoms with E-state index in [1.807, 2.05) is 22.6 Å². The third kappa shape index (κ3) is 2.13. The molecule has 1 aromatic rings. The zero-order chi connectivity index (χ0) is 9.14. The molecule has 0 aliphatic heterocycles. The molecule has 0 spiro atoms. The van der Waals surface area contributed by atoms with Gasteiger partial charge < -0.3 is 5.73 Å². The molecule has 1 aromatic carbocycles. The maximum Gasteiger partial charge on any atom is 0.257 e. The molecule has 1 unspecified atom stereocenters. The van der Waals surface area contributed by atoms with Crippen LogP contribution in [0.2, 0.25) is 0 Å². The maximum absolute atomic E-state index is 12.2. The van der Waals surface area contributed by atoms with E-state index < -0.39 is 12.5 Å². The van der Waals surface area contributed by atoms with Gasteiger partial charge in [0.05, 0.1) is 6.04 Å². The van der Waals surface area contributed by atoms with E-state index in [4.69, 9.17) is 5.73 Å². The summed E-state index contributed by atoms with van der Waals surface area (Å²) < 4.78 is 25.1. The third-order valence-electron chi connectivity index (χ3n) is 1.54. The van der Waals surface area contributed by atoms with Crippen molar-refractivity contribution < 1.29 is 8.78 Å². The minimum absolute atomic E-state index is 0.508. The summed E-state index contributed by atoms with van der Waals surface area (Å²) in [5.74, 6) is 0. The minimum atomic E-state index is -2.50. The summed E-state index contributed by atoms with van der Waals surface area (Å²) in [6, 6.07) is 5.72. The van der Waals surface area contributed by atoms with Crippen molar-refractivity contribution in [3.05, 3.63) is 33.4 Å². The van der Waals surface area contributed by atoms with Crippen LogP contribution >= 0.6 is 22.6 Å². The Morgan fingerprint density at radius 3 is 2.33 bits per heavy atom. The molecule has 1 nitrogen and oxygen atoms in total. The van der Waals surface area contributed by atoms with Crippen LogP contribution in [0.3, 0.4) is 0 Å². The largest absolute Gasteiger partial charge is 0.319 e. The van der Waals surface area contributed by atoms with Crippen molar-refractivity contribution in [3.8, 4) is 0 Å². The lowest BCUT2D eigenvalue weighted by molar-refractivity contribution is 0.116. The minimum Gasteiger partial charge on any atom is -0.319 e. The fourth-order valence-electron chi connectivity index (χ4n) is 0.881. The first-order chi connectivity index (χ1) is 5.63. The van der Waals surface area contributed by atoms with E-state index in [1.54, 1.807) is 24.3 Å². The van der Waals surface area contributed by atoms with Crippen molar-refractivity contribution in [2.45, 2.75) is 12.5 Å². The van der Waals surface area contributed by atoms with E-state index in [-0.39, 0.29) is 0 Å².